The van der Waals surface area contributed by atoms with Gasteiger partial charge in [-0.25, -0.2) is 13.6 Å². The molecule has 1 aliphatic heterocycles. The first-order valence-corrected chi connectivity index (χ1v) is 7.96. The van der Waals surface area contributed by atoms with E-state index in [4.69, 9.17) is 4.74 Å². The second-order valence-corrected chi connectivity index (χ2v) is 5.98. The van der Waals surface area contributed by atoms with Gasteiger partial charge in [0.2, 0.25) is 0 Å². The summed E-state index contributed by atoms with van der Waals surface area (Å²) in [6.45, 7) is 2.44. The Morgan fingerprint density at radius 2 is 1.72 bits per heavy atom. The van der Waals surface area contributed by atoms with E-state index in [0.717, 1.165) is 24.1 Å². The van der Waals surface area contributed by atoms with E-state index in [0.29, 0.717) is 19.2 Å². The van der Waals surface area contributed by atoms with Crippen LogP contribution in [0, 0.1) is 11.6 Å². The molecule has 0 aliphatic carbocycles. The maximum atomic E-state index is 13.2. The zero-order valence-electron chi connectivity index (χ0n) is 13.7. The molecule has 2 aromatic carbocycles. The molecular weight excluding hydrogens is 328 g/mol. The van der Waals surface area contributed by atoms with E-state index in [9.17, 15) is 18.4 Å². The van der Waals surface area contributed by atoms with Crippen molar-refractivity contribution in [3.05, 3.63) is 70.8 Å². The summed E-state index contributed by atoms with van der Waals surface area (Å²) in [5.74, 6) is -3.02. The number of ether oxygens (including phenoxy) is 1. The standard InChI is InChI=1S/C19H17F2NO3/c1-12(25-19(24)15-8-16(20)10-17(21)9-15)18(23)22-7-6-13-4-2-3-5-14(13)11-22/h2-5,8-10,12H,6-7,11H2,1H3/t12-/m1/s1. The number of fused-ring (bicyclic) bond motifs is 1. The zero-order chi connectivity index (χ0) is 18.0. The van der Waals surface area contributed by atoms with Crippen molar-refractivity contribution in [1.29, 1.82) is 0 Å². The van der Waals surface area contributed by atoms with Gasteiger partial charge in [-0.3, -0.25) is 4.79 Å². The Balaban J connectivity index is 1.66. The van der Waals surface area contributed by atoms with Crippen molar-refractivity contribution in [2.24, 2.45) is 0 Å². The van der Waals surface area contributed by atoms with Crippen molar-refractivity contribution in [3.8, 4) is 0 Å². The molecule has 130 valence electrons. The molecule has 0 aromatic heterocycles. The second kappa shape index (κ2) is 7.01. The Kier molecular flexibility index (Phi) is 4.79. The molecular formula is C19H17F2NO3. The minimum absolute atomic E-state index is 0.263. The quantitative estimate of drug-likeness (QED) is 0.803. The maximum Gasteiger partial charge on any atom is 0.339 e. The van der Waals surface area contributed by atoms with E-state index >= 15 is 0 Å². The molecule has 1 amide bonds. The van der Waals surface area contributed by atoms with Gasteiger partial charge >= 0.3 is 5.97 Å². The van der Waals surface area contributed by atoms with E-state index in [-0.39, 0.29) is 11.5 Å². The van der Waals surface area contributed by atoms with Gasteiger partial charge in [-0.2, -0.15) is 0 Å². The predicted molar refractivity (Wildman–Crippen MR) is 86.8 cm³/mol. The van der Waals surface area contributed by atoms with E-state index < -0.39 is 23.7 Å². The van der Waals surface area contributed by atoms with Crippen LogP contribution < -0.4 is 0 Å². The highest BCUT2D eigenvalue weighted by molar-refractivity contribution is 5.92. The number of carbonyl (C=O) groups is 2. The molecule has 1 aliphatic rings. The number of esters is 1. The Morgan fingerprint density at radius 3 is 2.40 bits per heavy atom. The summed E-state index contributed by atoms with van der Waals surface area (Å²) < 4.78 is 31.5. The van der Waals surface area contributed by atoms with Crippen LogP contribution in [0.1, 0.15) is 28.4 Å². The third-order valence-corrected chi connectivity index (χ3v) is 4.17. The number of hydrogen-bond donors (Lipinski definition) is 0. The molecule has 0 radical (unpaired) electrons. The third-order valence-electron chi connectivity index (χ3n) is 4.17. The highest BCUT2D eigenvalue weighted by Crippen LogP contribution is 2.20. The van der Waals surface area contributed by atoms with E-state index in [2.05, 4.69) is 0 Å². The molecule has 0 N–H and O–H groups in total. The average Bonchev–Trinajstić information content (AvgIpc) is 2.59. The average molecular weight is 345 g/mol. The van der Waals surface area contributed by atoms with Crippen LogP contribution in [0.4, 0.5) is 8.78 Å². The van der Waals surface area contributed by atoms with Gasteiger partial charge in [0.1, 0.15) is 11.6 Å². The van der Waals surface area contributed by atoms with E-state index in [1.165, 1.54) is 12.5 Å². The minimum Gasteiger partial charge on any atom is -0.449 e. The van der Waals surface area contributed by atoms with Crippen LogP contribution in [-0.2, 0) is 22.5 Å². The number of hydrogen-bond acceptors (Lipinski definition) is 3. The number of rotatable bonds is 3. The van der Waals surface area contributed by atoms with Gasteiger partial charge in [0.05, 0.1) is 5.56 Å². The van der Waals surface area contributed by atoms with E-state index in [1.807, 2.05) is 24.3 Å². The number of benzene rings is 2. The van der Waals surface area contributed by atoms with Crippen LogP contribution in [0.5, 0.6) is 0 Å². The lowest BCUT2D eigenvalue weighted by Crippen LogP contribution is -2.42. The number of halogens is 2. The SMILES string of the molecule is C[C@@H](OC(=O)c1cc(F)cc(F)c1)C(=O)N1CCc2ccccc2C1. The van der Waals surface area contributed by atoms with Gasteiger partial charge in [-0.05, 0) is 36.6 Å². The van der Waals surface area contributed by atoms with Gasteiger partial charge in [0, 0.05) is 19.2 Å². The lowest BCUT2D eigenvalue weighted by Gasteiger charge is -2.30. The van der Waals surface area contributed by atoms with Crippen molar-refractivity contribution in [2.45, 2.75) is 26.0 Å². The number of amides is 1. The van der Waals surface area contributed by atoms with Gasteiger partial charge < -0.3 is 9.64 Å². The zero-order valence-corrected chi connectivity index (χ0v) is 13.7. The van der Waals surface area contributed by atoms with Crippen LogP contribution in [-0.4, -0.2) is 29.4 Å². The van der Waals surface area contributed by atoms with Crippen LogP contribution in [0.15, 0.2) is 42.5 Å². The first kappa shape index (κ1) is 17.1. The van der Waals surface area contributed by atoms with Crippen molar-refractivity contribution in [1.82, 2.24) is 4.90 Å². The largest absolute Gasteiger partial charge is 0.449 e. The Morgan fingerprint density at radius 1 is 1.08 bits per heavy atom. The Hall–Kier alpha value is -2.76. The lowest BCUT2D eigenvalue weighted by atomic mass is 9.99. The van der Waals surface area contributed by atoms with Crippen LogP contribution in [0.25, 0.3) is 0 Å². The highest BCUT2D eigenvalue weighted by Gasteiger charge is 2.27. The maximum absolute atomic E-state index is 13.2. The molecule has 3 rings (SSSR count). The van der Waals surface area contributed by atoms with Crippen LogP contribution in [0.3, 0.4) is 0 Å². The van der Waals surface area contributed by atoms with Crippen molar-refractivity contribution >= 4 is 11.9 Å². The molecule has 0 saturated heterocycles. The summed E-state index contributed by atoms with van der Waals surface area (Å²) in [4.78, 5) is 26.1. The van der Waals surface area contributed by atoms with E-state index in [1.54, 1.807) is 4.90 Å². The molecule has 0 bridgehead atoms. The van der Waals surface area contributed by atoms with Crippen molar-refractivity contribution in [3.63, 3.8) is 0 Å². The Bertz CT molecular complexity index is 802. The molecule has 0 saturated carbocycles. The molecule has 25 heavy (non-hydrogen) atoms. The second-order valence-electron chi connectivity index (χ2n) is 5.98. The van der Waals surface area contributed by atoms with Crippen molar-refractivity contribution < 1.29 is 23.1 Å². The molecule has 2 aromatic rings. The molecule has 4 nitrogen and oxygen atoms in total. The predicted octanol–water partition coefficient (Wildman–Crippen LogP) is 3.10. The summed E-state index contributed by atoms with van der Waals surface area (Å²) in [7, 11) is 0. The van der Waals surface area contributed by atoms with Gasteiger partial charge in [0.15, 0.2) is 6.10 Å². The molecule has 0 unspecified atom stereocenters. The van der Waals surface area contributed by atoms with Crippen LogP contribution >= 0.6 is 0 Å². The fourth-order valence-corrected chi connectivity index (χ4v) is 2.89. The number of nitrogens with zero attached hydrogens (tertiary/aromatic N) is 1. The first-order valence-electron chi connectivity index (χ1n) is 7.96. The fourth-order valence-electron chi connectivity index (χ4n) is 2.89. The summed E-state index contributed by atoms with van der Waals surface area (Å²) in [5, 5.41) is 0. The summed E-state index contributed by atoms with van der Waals surface area (Å²) in [6, 6.07) is 10.3. The molecule has 0 spiro atoms. The highest BCUT2D eigenvalue weighted by atomic mass is 19.1. The lowest BCUT2D eigenvalue weighted by molar-refractivity contribution is -0.140. The Labute approximate surface area is 144 Å². The molecule has 6 heteroatoms. The molecule has 1 heterocycles. The normalized spacial score (nSPS) is 14.6. The summed E-state index contributed by atoms with van der Waals surface area (Å²) >= 11 is 0. The van der Waals surface area contributed by atoms with Crippen LogP contribution in [0.2, 0.25) is 0 Å². The van der Waals surface area contributed by atoms with Gasteiger partial charge in [0.25, 0.3) is 5.91 Å². The fraction of sp³-hybridized carbons (Fsp3) is 0.263. The summed E-state index contributed by atoms with van der Waals surface area (Å²) in [5.41, 5.74) is 2.00. The summed E-state index contributed by atoms with van der Waals surface area (Å²) in [6.07, 6.45) is -0.304. The monoisotopic (exact) mass is 345 g/mol. The molecule has 0 fully saturated rings. The third kappa shape index (κ3) is 3.84. The number of carbonyl (C=O) groups excluding carboxylic acids is 2. The topological polar surface area (TPSA) is 46.6 Å². The minimum atomic E-state index is -1.04. The van der Waals surface area contributed by atoms with Crippen molar-refractivity contribution in [2.75, 3.05) is 6.54 Å². The molecule has 1 atom stereocenters. The van der Waals surface area contributed by atoms with Gasteiger partial charge in [-0.15, -0.1) is 0 Å². The van der Waals surface area contributed by atoms with Gasteiger partial charge in [-0.1, -0.05) is 24.3 Å². The first-order chi connectivity index (χ1) is 11.9. The smallest absolute Gasteiger partial charge is 0.339 e.